The topological polar surface area (TPSA) is 59.2 Å². The van der Waals surface area contributed by atoms with Crippen LogP contribution in [0.5, 0.6) is 0 Å². The number of aryl methyl sites for hydroxylation is 1. The summed E-state index contributed by atoms with van der Waals surface area (Å²) in [7, 11) is 0. The molecule has 0 unspecified atom stereocenters. The van der Waals surface area contributed by atoms with Crippen molar-refractivity contribution in [1.29, 1.82) is 0 Å². The third-order valence-electron chi connectivity index (χ3n) is 5.62. The lowest BCUT2D eigenvalue weighted by Gasteiger charge is -2.21. The van der Waals surface area contributed by atoms with Gasteiger partial charge in [-0.2, -0.15) is 0 Å². The molecule has 3 heterocycles. The van der Waals surface area contributed by atoms with Crippen molar-refractivity contribution in [2.24, 2.45) is 0 Å². The minimum absolute atomic E-state index is 0.00804. The fraction of sp³-hybridized carbons (Fsp3) is 0.208. The second-order valence-electron chi connectivity index (χ2n) is 7.43. The van der Waals surface area contributed by atoms with Crippen LogP contribution in [0.3, 0.4) is 0 Å². The van der Waals surface area contributed by atoms with Gasteiger partial charge in [-0.3, -0.25) is 4.79 Å². The van der Waals surface area contributed by atoms with Crippen molar-refractivity contribution < 1.29 is 9.32 Å². The van der Waals surface area contributed by atoms with Crippen LogP contribution in [-0.4, -0.2) is 34.0 Å². The van der Waals surface area contributed by atoms with Gasteiger partial charge in [0.2, 0.25) is 0 Å². The number of nitrogens with zero attached hydrogens (tertiary/aromatic N) is 3. The number of hydrogen-bond acceptors (Lipinski definition) is 4. The summed E-state index contributed by atoms with van der Waals surface area (Å²) < 4.78 is 5.43. The van der Waals surface area contributed by atoms with Crippen LogP contribution in [-0.2, 0) is 12.8 Å². The van der Waals surface area contributed by atoms with Crippen molar-refractivity contribution in [3.8, 4) is 11.3 Å². The van der Waals surface area contributed by atoms with Gasteiger partial charge in [-0.25, -0.2) is 4.98 Å². The second-order valence-corrected chi connectivity index (χ2v) is 7.43. The van der Waals surface area contributed by atoms with E-state index in [1.807, 2.05) is 48.2 Å². The lowest BCUT2D eigenvalue weighted by molar-refractivity contribution is 0.0765. The van der Waals surface area contributed by atoms with Crippen LogP contribution >= 0.6 is 0 Å². The number of fused-ring (bicyclic) bond motifs is 2. The zero-order valence-corrected chi connectivity index (χ0v) is 16.3. The molecule has 0 atom stereocenters. The second kappa shape index (κ2) is 7.17. The first-order valence-corrected chi connectivity index (χ1v) is 9.89. The fourth-order valence-electron chi connectivity index (χ4n) is 4.06. The first-order valence-electron chi connectivity index (χ1n) is 9.89. The van der Waals surface area contributed by atoms with E-state index in [9.17, 15) is 4.79 Å². The van der Waals surface area contributed by atoms with Crippen molar-refractivity contribution in [1.82, 2.24) is 15.0 Å². The van der Waals surface area contributed by atoms with Gasteiger partial charge in [0, 0.05) is 18.7 Å². The average molecular weight is 383 g/mol. The molecule has 144 valence electrons. The maximum atomic E-state index is 13.6. The highest BCUT2D eigenvalue weighted by Crippen LogP contribution is 2.28. The molecule has 0 bridgehead atoms. The molecule has 5 rings (SSSR count). The van der Waals surface area contributed by atoms with Crippen molar-refractivity contribution >= 4 is 17.0 Å². The van der Waals surface area contributed by atoms with E-state index in [0.717, 1.165) is 24.1 Å². The molecule has 1 amide bonds. The van der Waals surface area contributed by atoms with Gasteiger partial charge in [-0.15, -0.1) is 0 Å². The number of hydrogen-bond donors (Lipinski definition) is 0. The van der Waals surface area contributed by atoms with Gasteiger partial charge >= 0.3 is 0 Å². The highest BCUT2D eigenvalue weighted by atomic mass is 16.5. The fourth-order valence-corrected chi connectivity index (χ4v) is 4.06. The first-order chi connectivity index (χ1) is 14.2. The summed E-state index contributed by atoms with van der Waals surface area (Å²) in [6.45, 7) is 3.25. The Morgan fingerprint density at radius 2 is 1.62 bits per heavy atom. The third-order valence-corrected chi connectivity index (χ3v) is 5.62. The maximum absolute atomic E-state index is 13.6. The molecule has 5 heteroatoms. The van der Waals surface area contributed by atoms with Crippen molar-refractivity contribution in [2.45, 2.75) is 19.8 Å². The van der Waals surface area contributed by atoms with Gasteiger partial charge in [-0.05, 0) is 37.0 Å². The summed E-state index contributed by atoms with van der Waals surface area (Å²) in [5.74, 6) is 0.00804. The van der Waals surface area contributed by atoms with E-state index in [2.05, 4.69) is 34.4 Å². The normalized spacial score (nSPS) is 13.9. The van der Waals surface area contributed by atoms with Gasteiger partial charge in [0.05, 0.1) is 22.3 Å². The number of amides is 1. The number of rotatable bonds is 2. The van der Waals surface area contributed by atoms with E-state index in [1.165, 1.54) is 11.1 Å². The molecular weight excluding hydrogens is 362 g/mol. The van der Waals surface area contributed by atoms with Gasteiger partial charge in [0.15, 0.2) is 0 Å². The summed E-state index contributed by atoms with van der Waals surface area (Å²) >= 11 is 0. The summed E-state index contributed by atoms with van der Waals surface area (Å²) in [5, 5.41) is 4.77. The quantitative estimate of drug-likeness (QED) is 0.513. The molecule has 29 heavy (non-hydrogen) atoms. The minimum atomic E-state index is 0.00804. The molecule has 0 spiro atoms. The molecule has 1 aliphatic rings. The van der Waals surface area contributed by atoms with Crippen molar-refractivity contribution in [3.63, 3.8) is 0 Å². The van der Waals surface area contributed by atoms with E-state index < -0.39 is 0 Å². The van der Waals surface area contributed by atoms with E-state index in [0.29, 0.717) is 35.4 Å². The highest BCUT2D eigenvalue weighted by Gasteiger charge is 2.25. The molecule has 0 saturated carbocycles. The Balaban J connectivity index is 1.55. The molecular formula is C24H21N3O2. The highest BCUT2D eigenvalue weighted by molar-refractivity contribution is 6.07. The van der Waals surface area contributed by atoms with Gasteiger partial charge < -0.3 is 9.42 Å². The Hall–Kier alpha value is -3.47. The molecule has 1 aliphatic heterocycles. The molecule has 0 aliphatic carbocycles. The molecule has 0 N–H and O–H groups in total. The van der Waals surface area contributed by atoms with Gasteiger partial charge in [-0.1, -0.05) is 59.8 Å². The summed E-state index contributed by atoms with van der Waals surface area (Å²) in [5.41, 5.74) is 6.02. The number of carbonyl (C=O) groups is 1. The molecule has 0 radical (unpaired) electrons. The van der Waals surface area contributed by atoms with E-state index >= 15 is 0 Å². The van der Waals surface area contributed by atoms with E-state index in [1.54, 1.807) is 0 Å². The van der Waals surface area contributed by atoms with E-state index in [4.69, 9.17) is 4.52 Å². The molecule has 0 fully saturated rings. The third kappa shape index (κ3) is 3.18. The predicted molar refractivity (Wildman–Crippen MR) is 112 cm³/mol. The number of aromatic nitrogens is 2. The van der Waals surface area contributed by atoms with Crippen LogP contribution in [0, 0.1) is 6.92 Å². The maximum Gasteiger partial charge on any atom is 0.259 e. The predicted octanol–water partition coefficient (Wildman–Crippen LogP) is 4.44. The Morgan fingerprint density at radius 1 is 0.966 bits per heavy atom. The standard InChI is InChI=1S/C24H21N3O2/c1-16-22-20(15-21(25-23(22)29-26-16)19-9-3-2-4-10-19)24(28)27-13-11-17-7-5-6-8-18(17)12-14-27/h2-10,15H,11-14H2,1H3. The molecule has 2 aromatic heterocycles. The largest absolute Gasteiger partial charge is 0.338 e. The number of benzene rings is 2. The van der Waals surface area contributed by atoms with Crippen LogP contribution in [0.2, 0.25) is 0 Å². The van der Waals surface area contributed by atoms with Crippen LogP contribution in [0.4, 0.5) is 0 Å². The SMILES string of the molecule is Cc1noc2nc(-c3ccccc3)cc(C(=O)N3CCc4ccccc4CC3)c12. The summed E-state index contributed by atoms with van der Waals surface area (Å²) in [4.78, 5) is 20.1. The monoisotopic (exact) mass is 383 g/mol. The first kappa shape index (κ1) is 17.6. The molecule has 0 saturated heterocycles. The Kier molecular flexibility index (Phi) is 4.35. The zero-order valence-electron chi connectivity index (χ0n) is 16.3. The zero-order chi connectivity index (χ0) is 19.8. The van der Waals surface area contributed by atoms with Crippen LogP contribution in [0.25, 0.3) is 22.4 Å². The van der Waals surface area contributed by atoms with Crippen LogP contribution < -0.4 is 0 Å². The molecule has 4 aromatic rings. The van der Waals surface area contributed by atoms with Crippen LogP contribution in [0.1, 0.15) is 27.2 Å². The minimum Gasteiger partial charge on any atom is -0.338 e. The Morgan fingerprint density at radius 3 is 2.31 bits per heavy atom. The van der Waals surface area contributed by atoms with E-state index in [-0.39, 0.29) is 5.91 Å². The lowest BCUT2D eigenvalue weighted by Crippen LogP contribution is -2.33. The van der Waals surface area contributed by atoms with Crippen molar-refractivity contribution in [3.05, 3.63) is 83.0 Å². The lowest BCUT2D eigenvalue weighted by atomic mass is 10.0. The van der Waals surface area contributed by atoms with Gasteiger partial charge in [0.1, 0.15) is 0 Å². The Labute approximate surface area is 169 Å². The summed E-state index contributed by atoms with van der Waals surface area (Å²) in [6.07, 6.45) is 1.73. The number of pyridine rings is 1. The summed E-state index contributed by atoms with van der Waals surface area (Å²) in [6, 6.07) is 20.2. The average Bonchev–Trinajstić information content (AvgIpc) is 3.01. The Bertz CT molecular complexity index is 1170. The molecule has 5 nitrogen and oxygen atoms in total. The van der Waals surface area contributed by atoms with Gasteiger partial charge in [0.25, 0.3) is 11.6 Å². The van der Waals surface area contributed by atoms with Crippen molar-refractivity contribution in [2.75, 3.05) is 13.1 Å². The molecule has 2 aromatic carbocycles. The smallest absolute Gasteiger partial charge is 0.259 e. The number of carbonyl (C=O) groups excluding carboxylic acids is 1. The van der Waals surface area contributed by atoms with Crippen LogP contribution in [0.15, 0.2) is 65.2 Å².